The number of ether oxygens (including phenoxy) is 1. The monoisotopic (exact) mass is 375 g/mol. The van der Waals surface area contributed by atoms with E-state index in [1.807, 2.05) is 0 Å². The third-order valence-corrected chi connectivity index (χ3v) is 5.55. The van der Waals surface area contributed by atoms with Crippen LogP contribution in [-0.2, 0) is 17.7 Å². The van der Waals surface area contributed by atoms with Crippen LogP contribution >= 0.6 is 0 Å². The zero-order chi connectivity index (χ0) is 19.2. The first-order valence-electron chi connectivity index (χ1n) is 10.3. The standard InChI is InChI=1S/C20H32N6O/c1-25(2)9-5-8-22-19-17(12-21)16-7-10-26(3)14-18(16)20(24-19)23-13-15-6-4-11-27-15/h15H,4-11,13-14H2,1-3H3,(H2,22,23,24)/p+3/t15-/m0/s1. The molecule has 2 atom stereocenters. The van der Waals surface area contributed by atoms with Crippen molar-refractivity contribution in [2.45, 2.75) is 38.3 Å². The smallest absolute Gasteiger partial charge is 0.237 e. The van der Waals surface area contributed by atoms with E-state index in [0.29, 0.717) is 0 Å². The number of nitrogens with one attached hydrogen (secondary N) is 5. The van der Waals surface area contributed by atoms with Gasteiger partial charge < -0.3 is 25.2 Å². The van der Waals surface area contributed by atoms with Gasteiger partial charge in [-0.1, -0.05) is 0 Å². The van der Waals surface area contributed by atoms with Gasteiger partial charge in [0.25, 0.3) is 0 Å². The van der Waals surface area contributed by atoms with E-state index in [1.165, 1.54) is 20.9 Å². The molecule has 0 bridgehead atoms. The molecule has 7 nitrogen and oxygen atoms in total. The zero-order valence-electron chi connectivity index (χ0n) is 17.0. The summed E-state index contributed by atoms with van der Waals surface area (Å²) in [5, 5.41) is 16.9. The minimum absolute atomic E-state index is 0.290. The molecule has 5 N–H and O–H groups in total. The van der Waals surface area contributed by atoms with Crippen molar-refractivity contribution >= 4 is 11.6 Å². The number of fused-ring (bicyclic) bond motifs is 1. The molecule has 1 saturated heterocycles. The van der Waals surface area contributed by atoms with Crippen molar-refractivity contribution in [1.29, 1.82) is 5.26 Å². The Morgan fingerprint density at radius 2 is 2.15 bits per heavy atom. The fraction of sp³-hybridized carbons (Fsp3) is 0.700. The molecule has 1 unspecified atom stereocenters. The molecule has 3 heterocycles. The van der Waals surface area contributed by atoms with Crippen molar-refractivity contribution in [1.82, 2.24) is 0 Å². The molecule has 1 aromatic heterocycles. The van der Waals surface area contributed by atoms with Gasteiger partial charge in [0.15, 0.2) is 0 Å². The quantitative estimate of drug-likeness (QED) is 0.416. The van der Waals surface area contributed by atoms with E-state index in [-0.39, 0.29) is 6.10 Å². The molecule has 1 fully saturated rings. The van der Waals surface area contributed by atoms with Gasteiger partial charge in [-0.3, -0.25) is 0 Å². The Hall–Kier alpha value is -1.88. The van der Waals surface area contributed by atoms with Gasteiger partial charge in [0.2, 0.25) is 11.6 Å². The molecule has 7 heteroatoms. The number of aromatic nitrogens is 1. The second-order valence-electron chi connectivity index (χ2n) is 8.21. The van der Waals surface area contributed by atoms with E-state index in [0.717, 1.165) is 82.2 Å². The van der Waals surface area contributed by atoms with Crippen LogP contribution in [0.1, 0.15) is 36.0 Å². The molecule has 3 rings (SSSR count). The Balaban J connectivity index is 1.81. The average Bonchev–Trinajstić information content (AvgIpc) is 3.16. The van der Waals surface area contributed by atoms with Crippen LogP contribution in [0, 0.1) is 11.3 Å². The number of nitrogens with zero attached hydrogens (tertiary/aromatic N) is 1. The molecule has 2 aliphatic heterocycles. The summed E-state index contributed by atoms with van der Waals surface area (Å²) in [5.41, 5.74) is 3.26. The molecule has 1 aromatic rings. The molecular formula is C20H35N6O+3. The van der Waals surface area contributed by atoms with Crippen molar-refractivity contribution in [2.24, 2.45) is 0 Å². The highest BCUT2D eigenvalue weighted by Gasteiger charge is 2.29. The molecule has 0 saturated carbocycles. The highest BCUT2D eigenvalue weighted by Crippen LogP contribution is 2.26. The van der Waals surface area contributed by atoms with Gasteiger partial charge in [-0.05, 0) is 18.4 Å². The first kappa shape index (κ1) is 19.9. The SMILES string of the molecule is C[NH+](C)CCCNc1[nH+]c(NC[C@@H]2CCCO2)c2c(c1C#N)CC[NH+](C)C2. The summed E-state index contributed by atoms with van der Waals surface area (Å²) in [4.78, 5) is 6.43. The van der Waals surface area contributed by atoms with E-state index >= 15 is 0 Å². The summed E-state index contributed by atoms with van der Waals surface area (Å²) >= 11 is 0. The fourth-order valence-electron chi connectivity index (χ4n) is 4.00. The minimum atomic E-state index is 0.290. The number of aromatic amines is 1. The molecule has 0 aliphatic carbocycles. The Labute approximate surface area is 162 Å². The number of rotatable bonds is 8. The maximum Gasteiger partial charge on any atom is 0.237 e. The number of pyridine rings is 1. The van der Waals surface area contributed by atoms with Crippen LogP contribution in [0.4, 0.5) is 11.6 Å². The van der Waals surface area contributed by atoms with E-state index < -0.39 is 0 Å². The molecule has 2 aliphatic rings. The maximum atomic E-state index is 9.82. The molecule has 0 amide bonds. The summed E-state index contributed by atoms with van der Waals surface area (Å²) in [6.07, 6.45) is 4.58. The van der Waals surface area contributed by atoms with Crippen LogP contribution in [0.5, 0.6) is 0 Å². The molecule has 0 radical (unpaired) electrons. The van der Waals surface area contributed by atoms with Crippen molar-refractivity contribution in [2.75, 3.05) is 64.6 Å². The predicted octanol–water partition coefficient (Wildman–Crippen LogP) is -1.52. The minimum Gasteiger partial charge on any atom is -0.375 e. The lowest BCUT2D eigenvalue weighted by Gasteiger charge is -2.25. The van der Waals surface area contributed by atoms with Crippen molar-refractivity contribution in [3.05, 3.63) is 16.7 Å². The lowest BCUT2D eigenvalue weighted by atomic mass is 9.96. The highest BCUT2D eigenvalue weighted by atomic mass is 16.5. The third-order valence-electron chi connectivity index (χ3n) is 5.55. The number of H-pyrrole nitrogens is 1. The third kappa shape index (κ3) is 5.10. The molecular weight excluding hydrogens is 340 g/mol. The highest BCUT2D eigenvalue weighted by molar-refractivity contribution is 5.60. The van der Waals surface area contributed by atoms with Gasteiger partial charge in [-0.15, -0.1) is 0 Å². The molecule has 148 valence electrons. The number of likely N-dealkylation sites (N-methyl/N-ethyl adjacent to an activating group) is 1. The van der Waals surface area contributed by atoms with Crippen LogP contribution in [0.15, 0.2) is 0 Å². The van der Waals surface area contributed by atoms with Gasteiger partial charge in [0.05, 0.1) is 59.0 Å². The number of quaternary nitrogens is 2. The number of anilines is 2. The second-order valence-corrected chi connectivity index (χ2v) is 8.21. The first-order valence-corrected chi connectivity index (χ1v) is 10.3. The van der Waals surface area contributed by atoms with Crippen molar-refractivity contribution in [3.63, 3.8) is 0 Å². The van der Waals surface area contributed by atoms with E-state index in [2.05, 4.69) is 42.8 Å². The normalized spacial score (nSPS) is 21.7. The van der Waals surface area contributed by atoms with Crippen LogP contribution in [-0.4, -0.2) is 60.0 Å². The summed E-state index contributed by atoms with van der Waals surface area (Å²) in [6, 6.07) is 2.45. The lowest BCUT2D eigenvalue weighted by molar-refractivity contribution is -0.895. The summed E-state index contributed by atoms with van der Waals surface area (Å²) in [5.74, 6) is 1.92. The first-order chi connectivity index (χ1) is 13.1. The van der Waals surface area contributed by atoms with Crippen LogP contribution < -0.4 is 25.4 Å². The maximum absolute atomic E-state index is 9.82. The second kappa shape index (κ2) is 9.36. The molecule has 0 spiro atoms. The Morgan fingerprint density at radius 3 is 2.85 bits per heavy atom. The van der Waals surface area contributed by atoms with Crippen LogP contribution in [0.3, 0.4) is 0 Å². The van der Waals surface area contributed by atoms with Gasteiger partial charge in [-0.2, -0.15) is 5.26 Å². The Kier molecular flexibility index (Phi) is 6.89. The average molecular weight is 376 g/mol. The topological polar surface area (TPSA) is 80.1 Å². The van der Waals surface area contributed by atoms with E-state index in [1.54, 1.807) is 0 Å². The Morgan fingerprint density at radius 1 is 1.30 bits per heavy atom. The van der Waals surface area contributed by atoms with Crippen molar-refractivity contribution < 1.29 is 19.5 Å². The van der Waals surface area contributed by atoms with Crippen molar-refractivity contribution in [3.8, 4) is 6.07 Å². The van der Waals surface area contributed by atoms with E-state index in [4.69, 9.17) is 4.74 Å². The summed E-state index contributed by atoms with van der Waals surface area (Å²) < 4.78 is 5.76. The predicted molar refractivity (Wildman–Crippen MR) is 105 cm³/mol. The number of nitriles is 1. The molecule has 0 aromatic carbocycles. The van der Waals surface area contributed by atoms with Crippen LogP contribution in [0.2, 0.25) is 0 Å². The lowest BCUT2D eigenvalue weighted by Crippen LogP contribution is -3.08. The van der Waals surface area contributed by atoms with Gasteiger partial charge >= 0.3 is 0 Å². The van der Waals surface area contributed by atoms with Gasteiger partial charge in [0, 0.05) is 19.4 Å². The number of hydrogen-bond acceptors (Lipinski definition) is 4. The summed E-state index contributed by atoms with van der Waals surface area (Å²) in [6.45, 7) is 5.68. The number of hydrogen-bond donors (Lipinski definition) is 4. The van der Waals surface area contributed by atoms with Crippen LogP contribution in [0.25, 0.3) is 0 Å². The van der Waals surface area contributed by atoms with Gasteiger partial charge in [0.1, 0.15) is 18.2 Å². The Bertz CT molecular complexity index is 678. The zero-order valence-corrected chi connectivity index (χ0v) is 17.0. The summed E-state index contributed by atoms with van der Waals surface area (Å²) in [7, 11) is 6.55. The largest absolute Gasteiger partial charge is 0.375 e. The molecule has 27 heavy (non-hydrogen) atoms. The fourth-order valence-corrected chi connectivity index (χ4v) is 4.00. The van der Waals surface area contributed by atoms with Gasteiger partial charge in [-0.25, -0.2) is 4.98 Å². The van der Waals surface area contributed by atoms with E-state index in [9.17, 15) is 5.26 Å².